The summed E-state index contributed by atoms with van der Waals surface area (Å²) in [5.41, 5.74) is 4.47. The highest BCUT2D eigenvalue weighted by molar-refractivity contribution is 5.85. The van der Waals surface area contributed by atoms with Crippen LogP contribution in [-0.4, -0.2) is 431 Å². The van der Waals surface area contributed by atoms with E-state index in [-0.39, 0.29) is 131 Å². The number of aliphatic hydroxyl groups is 2. The average Bonchev–Trinajstić information content (AvgIpc) is 0.869. The number of unbranched alkanes of at least 4 members (excludes halogenated alkanes) is 4. The molecule has 0 fully saturated rings. The van der Waals surface area contributed by atoms with Crippen molar-refractivity contribution in [2.45, 2.75) is 332 Å². The van der Waals surface area contributed by atoms with Gasteiger partial charge in [0, 0.05) is 149 Å². The predicted molar refractivity (Wildman–Crippen MR) is 558 cm³/mol. The fraction of sp³-hybridized carbons (Fsp3) is 0.913. The van der Waals surface area contributed by atoms with Crippen LogP contribution in [-0.2, 0) is 85.7 Å². The Morgan fingerprint density at radius 3 is 0.862 bits per heavy atom. The highest BCUT2D eigenvalue weighted by atomic mass is 16.6. The second-order valence-corrected chi connectivity index (χ2v) is 43.1. The molecule has 824 valence electrons. The van der Waals surface area contributed by atoms with Crippen LogP contribution >= 0.6 is 0 Å². The molecule has 8 N–H and O–H groups in total. The SMILES string of the molecule is C.C.C.CC(=O)[C@H](CCCCN(CCN(C)C(C)(C)C)C(=O)C(C)(C)C)N(C)C.CN(CCN(CCCC[C@H](N)C(=O)CCCOCCO)C(=O)C(C)(C)C)C(C)(C)C.CN(CCN(CCCC[C@H](NCCOCCO)C(=O)O)C(=O)C(C)(C)C)C(C)(C)C.COCCOCCOCCOCCOCCOCCOCCOC(=O)N[C@@H](CCCCN(CCN(C)C(C)(C)C)C(=O)C(C)(C)C)C(=O)O. The number of hydrogen-bond acceptors (Lipinski definition) is 28. The van der Waals surface area contributed by atoms with Gasteiger partial charge in [0.25, 0.3) is 0 Å². The number of alkyl carbamates (subject to hydrolysis) is 1. The zero-order chi connectivity index (χ0) is 104. The van der Waals surface area contributed by atoms with E-state index < -0.39 is 52.4 Å². The lowest BCUT2D eigenvalue weighted by molar-refractivity contribution is -0.141. The number of nitrogens with one attached hydrogen (secondary N) is 2. The van der Waals surface area contributed by atoms with E-state index >= 15 is 0 Å². The quantitative estimate of drug-likeness (QED) is 0.0278. The molecule has 0 unspecified atom stereocenters. The van der Waals surface area contributed by atoms with Crippen molar-refractivity contribution in [3.63, 3.8) is 0 Å². The van der Waals surface area contributed by atoms with E-state index in [9.17, 15) is 53.4 Å². The number of carbonyl (C=O) groups is 9. The van der Waals surface area contributed by atoms with Crippen LogP contribution in [0.25, 0.3) is 0 Å². The van der Waals surface area contributed by atoms with Gasteiger partial charge in [0.05, 0.1) is 131 Å². The first-order valence-electron chi connectivity index (χ1n) is 49.4. The fourth-order valence-electron chi connectivity index (χ4n) is 12.6. The maximum atomic E-state index is 13.0. The summed E-state index contributed by atoms with van der Waals surface area (Å²) in [6.07, 6.45) is 8.54. The van der Waals surface area contributed by atoms with Crippen molar-refractivity contribution in [3.05, 3.63) is 0 Å². The summed E-state index contributed by atoms with van der Waals surface area (Å²) >= 11 is 0. The van der Waals surface area contributed by atoms with E-state index in [1.807, 2.05) is 129 Å². The molecule has 35 nitrogen and oxygen atoms in total. The molecule has 5 amide bonds. The maximum absolute atomic E-state index is 13.0. The van der Waals surface area contributed by atoms with Crippen LogP contribution in [0.4, 0.5) is 4.79 Å². The van der Waals surface area contributed by atoms with E-state index in [1.165, 1.54) is 0 Å². The van der Waals surface area contributed by atoms with Gasteiger partial charge in [-0.3, -0.25) is 58.1 Å². The van der Waals surface area contributed by atoms with Gasteiger partial charge in [0.1, 0.15) is 30.3 Å². The van der Waals surface area contributed by atoms with Crippen LogP contribution < -0.4 is 16.4 Å². The molecule has 0 spiro atoms. The van der Waals surface area contributed by atoms with Crippen LogP contribution in [0.15, 0.2) is 0 Å². The number of carbonyl (C=O) groups excluding carboxylic acids is 7. The van der Waals surface area contributed by atoms with E-state index in [0.29, 0.717) is 190 Å². The van der Waals surface area contributed by atoms with Gasteiger partial charge in [0.15, 0.2) is 0 Å². The number of methoxy groups -OCH3 is 1. The summed E-state index contributed by atoms with van der Waals surface area (Å²) in [5, 5.41) is 41.7. The van der Waals surface area contributed by atoms with Crippen molar-refractivity contribution in [2.24, 2.45) is 27.4 Å². The zero-order valence-electron chi connectivity index (χ0n) is 91.2. The molecule has 4 atom stereocenters. The Balaban J connectivity index is -0.000000340. The van der Waals surface area contributed by atoms with Crippen LogP contribution in [0, 0.1) is 21.7 Å². The molecule has 0 aliphatic rings. The van der Waals surface area contributed by atoms with Crippen LogP contribution in [0.2, 0.25) is 0 Å². The minimum absolute atomic E-state index is 0. The zero-order valence-corrected chi connectivity index (χ0v) is 91.2. The number of nitrogens with zero attached hydrogens (tertiary/aromatic N) is 9. The van der Waals surface area contributed by atoms with Gasteiger partial charge < -0.3 is 104 Å². The maximum Gasteiger partial charge on any atom is 0.407 e. The summed E-state index contributed by atoms with van der Waals surface area (Å²) < 4.78 is 52.6. The van der Waals surface area contributed by atoms with E-state index in [4.69, 9.17) is 63.3 Å². The summed E-state index contributed by atoms with van der Waals surface area (Å²) in [6, 6.07) is -2.21. The monoisotopic (exact) mass is 1990 g/mol. The highest BCUT2D eigenvalue weighted by Gasteiger charge is 2.34. The van der Waals surface area contributed by atoms with Crippen molar-refractivity contribution < 1.29 is 111 Å². The number of ether oxygens (including phenoxy) is 10. The molecule has 0 aliphatic carbocycles. The molecule has 0 radical (unpaired) electrons. The highest BCUT2D eigenvalue weighted by Crippen LogP contribution is 2.25. The molecular weight excluding hydrogens is 1770 g/mol. The Hall–Kier alpha value is -5.29. The smallest absolute Gasteiger partial charge is 0.407 e. The first-order chi connectivity index (χ1) is 62.5. The molecule has 0 saturated carbocycles. The molecule has 0 aromatic carbocycles. The van der Waals surface area contributed by atoms with Crippen LogP contribution in [0.1, 0.15) is 285 Å². The third-order valence-corrected chi connectivity index (χ3v) is 22.8. The van der Waals surface area contributed by atoms with Crippen LogP contribution in [0.3, 0.4) is 0 Å². The number of rotatable bonds is 71. The van der Waals surface area contributed by atoms with E-state index in [1.54, 1.807) is 14.0 Å². The minimum atomic E-state index is -1.14. The lowest BCUT2D eigenvalue weighted by atomic mass is 9.94. The summed E-state index contributed by atoms with van der Waals surface area (Å²) in [6.45, 7) is 66.7. The van der Waals surface area contributed by atoms with Crippen molar-refractivity contribution in [1.29, 1.82) is 0 Å². The van der Waals surface area contributed by atoms with Gasteiger partial charge in [0.2, 0.25) is 23.6 Å². The molecule has 138 heavy (non-hydrogen) atoms. The Labute approximate surface area is 840 Å². The number of amides is 5. The van der Waals surface area contributed by atoms with Gasteiger partial charge in [-0.1, -0.05) is 105 Å². The molecule has 0 saturated heterocycles. The Morgan fingerprint density at radius 1 is 0.326 bits per heavy atom. The van der Waals surface area contributed by atoms with Gasteiger partial charge >= 0.3 is 18.0 Å². The Bertz CT molecular complexity index is 3090. The number of likely N-dealkylation sites (N-methyl/N-ethyl adjacent to an activating group) is 5. The van der Waals surface area contributed by atoms with Gasteiger partial charge in [-0.05, 0) is 216 Å². The lowest BCUT2D eigenvalue weighted by Gasteiger charge is -2.36. The third-order valence-electron chi connectivity index (χ3n) is 22.8. The summed E-state index contributed by atoms with van der Waals surface area (Å²) in [4.78, 5) is 129. The lowest BCUT2D eigenvalue weighted by Crippen LogP contribution is -2.47. The Morgan fingerprint density at radius 2 is 0.594 bits per heavy atom. The van der Waals surface area contributed by atoms with Gasteiger partial charge in [-0.15, -0.1) is 0 Å². The molecule has 0 heterocycles. The summed E-state index contributed by atoms with van der Waals surface area (Å²) in [5.74, 6) is -1.21. The van der Waals surface area contributed by atoms with Gasteiger partial charge in [-0.2, -0.15) is 0 Å². The number of nitrogens with two attached hydrogens (primary N) is 1. The standard InChI is InChI=1S/C34H67N3O12.C23H47N3O4.C22H45N3O5.C21H43N3O2.3CH4/c1-33(2,3)31(40)37(14-13-36(7)34(4,5)6)12-10-9-11-29(30(38)39)35-32(41)49-28-27-48-26-25-47-24-23-46-22-21-45-20-19-44-18-17-43-16-15-42-8;1-22(2,3)21(29)26(15-14-25(7)23(4,5)6)13-9-8-11-19(24)20(28)12-10-17-30-18-16-27;1-21(2,3)20(29)25(14-13-24(7)22(4,5)6)12-9-8-10-18(19(27)28)23-11-16-30-17-15-26;1-17(25)18(22(8)9)13-11-12-14-24(19(26)20(2,3)4)16-15-23(10)21(5,6)7;;;/h29H,9-28H2,1-8H3,(H,35,41)(H,38,39);19,27H,8-18,24H2,1-7H3;18,23,26H,8-17H2,1-7H3,(H,27,28);18H,11-16H2,1-10H3;3*1H4/t29-;19-;2*18-;;;/m0000.../s1. The number of carboxylic acids is 2. The van der Waals surface area contributed by atoms with E-state index in [0.717, 1.165) is 77.8 Å². The largest absolute Gasteiger partial charge is 0.480 e. The molecule has 0 aromatic rings. The topological polar surface area (TPSA) is 406 Å². The van der Waals surface area contributed by atoms with Crippen molar-refractivity contribution in [2.75, 3.05) is 267 Å². The van der Waals surface area contributed by atoms with Crippen molar-refractivity contribution >= 4 is 53.2 Å². The molecule has 0 aromatic heterocycles. The number of hydrogen-bond donors (Lipinski definition) is 7. The fourth-order valence-corrected chi connectivity index (χ4v) is 12.6. The second kappa shape index (κ2) is 80.0. The number of carboxylic acid groups (broad SMARTS) is 2. The van der Waals surface area contributed by atoms with Crippen molar-refractivity contribution in [1.82, 2.24) is 54.7 Å². The first kappa shape index (κ1) is 146. The number of aliphatic hydroxyl groups excluding tert-OH is 2. The minimum Gasteiger partial charge on any atom is -0.480 e. The first-order valence-corrected chi connectivity index (χ1v) is 49.4. The molecule has 0 aliphatic heterocycles. The second-order valence-electron chi connectivity index (χ2n) is 43.1. The van der Waals surface area contributed by atoms with E-state index in [2.05, 4.69) is 134 Å². The summed E-state index contributed by atoms with van der Waals surface area (Å²) in [7, 11) is 13.8. The third kappa shape index (κ3) is 78.2. The average molecular weight is 1990 g/mol. The number of aliphatic carboxylic acids is 2. The number of Topliss-reactive ketones (excluding diaryl/α,β-unsaturated/α-hetero) is 2. The normalized spacial score (nSPS) is 13.0. The molecule has 0 bridgehead atoms. The Kier molecular flexibility index (Phi) is 84.5. The van der Waals surface area contributed by atoms with Crippen LogP contribution in [0.5, 0.6) is 0 Å². The predicted octanol–water partition coefficient (Wildman–Crippen LogP) is 12.1. The number of ketones is 2. The molecule has 35 heteroatoms. The van der Waals surface area contributed by atoms with Gasteiger partial charge in [-0.25, -0.2) is 9.59 Å². The van der Waals surface area contributed by atoms with Crippen molar-refractivity contribution in [3.8, 4) is 0 Å². The molecule has 0 rings (SSSR count). The molecular formula is C103H214N12O23.